The summed E-state index contributed by atoms with van der Waals surface area (Å²) in [6.45, 7) is -0.677. The Morgan fingerprint density at radius 2 is 1.85 bits per heavy atom. The van der Waals surface area contributed by atoms with E-state index in [1.807, 2.05) is 0 Å². The molecule has 26 heavy (non-hydrogen) atoms. The second kappa shape index (κ2) is 6.61. The number of halogens is 3. The van der Waals surface area contributed by atoms with Crippen molar-refractivity contribution in [3.63, 3.8) is 0 Å². The van der Waals surface area contributed by atoms with Gasteiger partial charge in [-0.2, -0.15) is 21.6 Å². The molecule has 10 nitrogen and oxygen atoms in total. The molecule has 0 unspecified atom stereocenters. The molecule has 2 fully saturated rings. The van der Waals surface area contributed by atoms with E-state index in [1.54, 1.807) is 0 Å². The molecule has 0 amide bonds. The lowest BCUT2D eigenvalue weighted by Crippen LogP contribution is -2.38. The van der Waals surface area contributed by atoms with Gasteiger partial charge in [-0.3, -0.25) is 14.3 Å². The summed E-state index contributed by atoms with van der Waals surface area (Å²) < 4.78 is 79.5. The molecule has 0 aromatic carbocycles. The zero-order chi connectivity index (χ0) is 19.1. The Labute approximate surface area is 144 Å². The molecular formula is C12H11F3N2O8S. The van der Waals surface area contributed by atoms with Crippen LogP contribution in [0, 0.1) is 10.1 Å². The van der Waals surface area contributed by atoms with Crippen molar-refractivity contribution in [2.45, 2.75) is 29.9 Å². The second-order valence-electron chi connectivity index (χ2n) is 5.37. The molecule has 14 heteroatoms. The molecule has 2 saturated heterocycles. The lowest BCUT2D eigenvalue weighted by molar-refractivity contribution is -0.386. The molecule has 2 aliphatic heterocycles. The van der Waals surface area contributed by atoms with Crippen LogP contribution in [0.4, 0.5) is 18.9 Å². The van der Waals surface area contributed by atoms with Crippen molar-refractivity contribution in [1.29, 1.82) is 0 Å². The van der Waals surface area contributed by atoms with Crippen LogP contribution in [0.3, 0.4) is 0 Å². The normalized spacial score (nSPS) is 28.7. The predicted molar refractivity (Wildman–Crippen MR) is 74.6 cm³/mol. The van der Waals surface area contributed by atoms with E-state index >= 15 is 0 Å². The Kier molecular flexibility index (Phi) is 4.76. The molecule has 3 heterocycles. The Morgan fingerprint density at radius 3 is 2.46 bits per heavy atom. The van der Waals surface area contributed by atoms with E-state index in [1.165, 1.54) is 12.3 Å². The van der Waals surface area contributed by atoms with Crippen LogP contribution in [0.25, 0.3) is 0 Å². The maximum atomic E-state index is 12.4. The topological polar surface area (TPSA) is 127 Å². The summed E-state index contributed by atoms with van der Waals surface area (Å²) in [5.74, 6) is -0.317. The fraction of sp³-hybridized carbons (Fsp3) is 0.583. The highest BCUT2D eigenvalue weighted by molar-refractivity contribution is 7.87. The number of nitro groups is 1. The maximum absolute atomic E-state index is 12.4. The van der Waals surface area contributed by atoms with Crippen molar-refractivity contribution in [3.8, 4) is 5.88 Å². The molecule has 1 aromatic rings. The summed E-state index contributed by atoms with van der Waals surface area (Å²) in [5, 5.41) is 11.0. The molecule has 0 saturated carbocycles. The third kappa shape index (κ3) is 3.44. The van der Waals surface area contributed by atoms with Gasteiger partial charge in [-0.25, -0.2) is 4.98 Å². The number of hydrogen-bond acceptors (Lipinski definition) is 9. The van der Waals surface area contributed by atoms with Crippen molar-refractivity contribution in [2.75, 3.05) is 13.2 Å². The molecule has 0 radical (unpaired) electrons. The summed E-state index contributed by atoms with van der Waals surface area (Å²) in [6, 6.07) is 2.49. The first-order valence-electron chi connectivity index (χ1n) is 7.09. The third-order valence-electron chi connectivity index (χ3n) is 3.71. The minimum absolute atomic E-state index is 0.199. The van der Waals surface area contributed by atoms with Gasteiger partial charge >= 0.3 is 21.3 Å². The van der Waals surface area contributed by atoms with E-state index in [2.05, 4.69) is 9.17 Å². The van der Waals surface area contributed by atoms with Gasteiger partial charge in [0, 0.05) is 12.3 Å². The van der Waals surface area contributed by atoms with Crippen LogP contribution < -0.4 is 4.74 Å². The number of rotatable bonds is 5. The van der Waals surface area contributed by atoms with Gasteiger partial charge in [0.2, 0.25) is 0 Å². The zero-order valence-corrected chi connectivity index (χ0v) is 13.5. The predicted octanol–water partition coefficient (Wildman–Crippen LogP) is 0.770. The van der Waals surface area contributed by atoms with Crippen LogP contribution in [0.5, 0.6) is 5.88 Å². The van der Waals surface area contributed by atoms with Gasteiger partial charge in [-0.15, -0.1) is 0 Å². The number of ether oxygens (including phenoxy) is 3. The molecule has 0 aliphatic carbocycles. The number of alkyl halides is 3. The highest BCUT2D eigenvalue weighted by Crippen LogP contribution is 2.35. The fourth-order valence-corrected chi connectivity index (χ4v) is 3.18. The van der Waals surface area contributed by atoms with E-state index < -0.39 is 57.3 Å². The fourth-order valence-electron chi connectivity index (χ4n) is 2.59. The summed E-state index contributed by atoms with van der Waals surface area (Å²) in [5.41, 5.74) is -5.99. The van der Waals surface area contributed by atoms with Gasteiger partial charge in [0.1, 0.15) is 18.3 Å². The van der Waals surface area contributed by atoms with Crippen LogP contribution >= 0.6 is 0 Å². The van der Waals surface area contributed by atoms with E-state index in [4.69, 9.17) is 14.2 Å². The lowest BCUT2D eigenvalue weighted by atomic mass is 10.1. The average Bonchev–Trinajstić information content (AvgIpc) is 3.10. The van der Waals surface area contributed by atoms with Crippen molar-refractivity contribution in [1.82, 2.24) is 4.98 Å². The molecule has 0 bridgehead atoms. The Morgan fingerprint density at radius 1 is 1.23 bits per heavy atom. The van der Waals surface area contributed by atoms with Crippen molar-refractivity contribution < 1.29 is 44.9 Å². The SMILES string of the molecule is O=[N+]([O-])c1cccnc1O[C@@H]1CO[C@@H]2[C@H]1OC[C@H]2OS(=O)(=O)C(F)(F)F. The van der Waals surface area contributed by atoms with Crippen molar-refractivity contribution >= 4 is 15.8 Å². The quantitative estimate of drug-likeness (QED) is 0.305. The summed E-state index contributed by atoms with van der Waals surface area (Å²) in [4.78, 5) is 14.0. The second-order valence-corrected chi connectivity index (χ2v) is 6.94. The van der Waals surface area contributed by atoms with E-state index in [0.29, 0.717) is 0 Å². The molecule has 0 spiro atoms. The number of fused-ring (bicyclic) bond motifs is 1. The van der Waals surface area contributed by atoms with E-state index in [-0.39, 0.29) is 12.5 Å². The molecule has 0 N–H and O–H groups in total. The van der Waals surface area contributed by atoms with Crippen LogP contribution in [0.1, 0.15) is 0 Å². The lowest BCUT2D eigenvalue weighted by Gasteiger charge is -2.17. The smallest absolute Gasteiger partial charge is 0.464 e. The van der Waals surface area contributed by atoms with Crippen LogP contribution in [-0.2, 0) is 23.8 Å². The third-order valence-corrected chi connectivity index (χ3v) is 4.77. The van der Waals surface area contributed by atoms with Crippen molar-refractivity contribution in [3.05, 3.63) is 28.4 Å². The highest BCUT2D eigenvalue weighted by Gasteiger charge is 2.55. The largest absolute Gasteiger partial charge is 0.523 e. The first-order valence-corrected chi connectivity index (χ1v) is 8.50. The van der Waals surface area contributed by atoms with Gasteiger partial charge in [0.15, 0.2) is 6.10 Å². The molecule has 1 aromatic heterocycles. The Hall–Kier alpha value is -2.03. The molecule has 144 valence electrons. The Balaban J connectivity index is 1.71. The first-order chi connectivity index (χ1) is 12.1. The minimum Gasteiger partial charge on any atom is -0.464 e. The van der Waals surface area contributed by atoms with E-state index in [9.17, 15) is 31.7 Å². The summed E-state index contributed by atoms with van der Waals surface area (Å²) in [6.07, 6.45) is -3.30. The van der Waals surface area contributed by atoms with Crippen LogP contribution in [0.2, 0.25) is 0 Å². The van der Waals surface area contributed by atoms with Gasteiger partial charge in [0.25, 0.3) is 5.88 Å². The molecule has 4 atom stereocenters. The monoisotopic (exact) mass is 400 g/mol. The number of hydrogen-bond donors (Lipinski definition) is 0. The van der Waals surface area contributed by atoms with Gasteiger partial charge in [-0.05, 0) is 6.07 Å². The standard InChI is InChI=1S/C12H11F3N2O8S/c13-12(14,15)26(20,21)25-8-5-23-9-7(4-22-10(8)9)24-11-6(17(18)19)2-1-3-16-11/h1-3,7-10H,4-5H2/t7-,8-,9+,10+/m1/s1. The Bertz CT molecular complexity index is 802. The maximum Gasteiger partial charge on any atom is 0.523 e. The number of pyridine rings is 1. The van der Waals surface area contributed by atoms with Gasteiger partial charge in [0.05, 0.1) is 18.1 Å². The van der Waals surface area contributed by atoms with Gasteiger partial charge < -0.3 is 14.2 Å². The summed E-state index contributed by atoms with van der Waals surface area (Å²) in [7, 11) is -5.82. The summed E-state index contributed by atoms with van der Waals surface area (Å²) >= 11 is 0. The number of aromatic nitrogens is 1. The number of nitrogens with zero attached hydrogens (tertiary/aromatic N) is 2. The first kappa shape index (κ1) is 18.8. The molecule has 3 rings (SSSR count). The average molecular weight is 400 g/mol. The van der Waals surface area contributed by atoms with Crippen LogP contribution in [0.15, 0.2) is 18.3 Å². The van der Waals surface area contributed by atoms with Crippen molar-refractivity contribution in [2.24, 2.45) is 0 Å². The molecule has 2 aliphatic rings. The van der Waals surface area contributed by atoms with E-state index in [0.717, 1.165) is 6.07 Å². The van der Waals surface area contributed by atoms with Gasteiger partial charge in [-0.1, -0.05) is 0 Å². The van der Waals surface area contributed by atoms with Crippen LogP contribution in [-0.4, -0.2) is 61.5 Å². The zero-order valence-electron chi connectivity index (χ0n) is 12.7. The molecular weight excluding hydrogens is 389 g/mol. The highest BCUT2D eigenvalue weighted by atomic mass is 32.2. The minimum atomic E-state index is -5.82.